The molecule has 0 saturated carbocycles. The van der Waals surface area contributed by atoms with Crippen molar-refractivity contribution in [1.82, 2.24) is 9.88 Å². The van der Waals surface area contributed by atoms with Gasteiger partial charge in [0.1, 0.15) is 5.69 Å². The van der Waals surface area contributed by atoms with Crippen LogP contribution in [0.1, 0.15) is 23.3 Å². The van der Waals surface area contributed by atoms with Gasteiger partial charge < -0.3 is 15.6 Å². The molecule has 0 spiro atoms. The van der Waals surface area contributed by atoms with E-state index in [1.165, 1.54) is 0 Å². The largest absolute Gasteiger partial charge is 0.351 e. The zero-order chi connectivity index (χ0) is 13.9. The molecule has 0 bridgehead atoms. The van der Waals surface area contributed by atoms with E-state index in [0.29, 0.717) is 12.2 Å². The number of carbonyl (C=O) groups excluding carboxylic acids is 1. The van der Waals surface area contributed by atoms with Gasteiger partial charge in [0.15, 0.2) is 0 Å². The van der Waals surface area contributed by atoms with E-state index in [2.05, 4.69) is 4.98 Å². The van der Waals surface area contributed by atoms with Crippen LogP contribution < -0.4 is 5.73 Å². The van der Waals surface area contributed by atoms with Gasteiger partial charge >= 0.3 is 0 Å². The van der Waals surface area contributed by atoms with Gasteiger partial charge in [0.25, 0.3) is 5.91 Å². The lowest BCUT2D eigenvalue weighted by molar-refractivity contribution is 0.0703. The quantitative estimate of drug-likeness (QED) is 0.878. The Morgan fingerprint density at radius 3 is 2.75 bits per heavy atom. The molecule has 1 amide bonds. The molecule has 2 heterocycles. The highest BCUT2D eigenvalue weighted by atomic mass is 16.2. The number of rotatable bonds is 2. The fourth-order valence-electron chi connectivity index (χ4n) is 2.67. The summed E-state index contributed by atoms with van der Waals surface area (Å²) in [5.41, 5.74) is 8.62. The molecule has 1 unspecified atom stereocenters. The van der Waals surface area contributed by atoms with Crippen LogP contribution >= 0.6 is 0 Å². The minimum absolute atomic E-state index is 0.0438. The molecule has 104 valence electrons. The summed E-state index contributed by atoms with van der Waals surface area (Å²) in [6.07, 6.45) is 1.99. The predicted molar refractivity (Wildman–Crippen MR) is 79.3 cm³/mol. The minimum atomic E-state index is 0.0438. The molecular weight excluding hydrogens is 250 g/mol. The van der Waals surface area contributed by atoms with Crippen molar-refractivity contribution in [1.29, 1.82) is 0 Å². The van der Waals surface area contributed by atoms with Gasteiger partial charge in [-0.25, -0.2) is 0 Å². The molecular formula is C16H19N3O. The number of aromatic nitrogens is 1. The maximum Gasteiger partial charge on any atom is 0.270 e. The Morgan fingerprint density at radius 2 is 2.00 bits per heavy atom. The summed E-state index contributed by atoms with van der Waals surface area (Å²) in [7, 11) is 0. The van der Waals surface area contributed by atoms with Crippen LogP contribution in [0.3, 0.4) is 0 Å². The average molecular weight is 269 g/mol. The number of hydrogen-bond acceptors (Lipinski definition) is 2. The second-order valence-corrected chi connectivity index (χ2v) is 5.31. The summed E-state index contributed by atoms with van der Waals surface area (Å²) in [6, 6.07) is 13.9. The number of aromatic amines is 1. The summed E-state index contributed by atoms with van der Waals surface area (Å²) >= 11 is 0. The average Bonchev–Trinajstić information content (AvgIpc) is 2.97. The number of H-pyrrole nitrogens is 1. The van der Waals surface area contributed by atoms with Crippen LogP contribution in [0.5, 0.6) is 0 Å². The van der Waals surface area contributed by atoms with E-state index in [-0.39, 0.29) is 11.9 Å². The van der Waals surface area contributed by atoms with E-state index in [9.17, 15) is 4.79 Å². The van der Waals surface area contributed by atoms with Gasteiger partial charge in [0.05, 0.1) is 0 Å². The minimum Gasteiger partial charge on any atom is -0.351 e. The van der Waals surface area contributed by atoms with Crippen LogP contribution in [-0.2, 0) is 0 Å². The second-order valence-electron chi connectivity index (χ2n) is 5.31. The number of likely N-dealkylation sites (tertiary alicyclic amines) is 1. The molecule has 0 radical (unpaired) electrons. The summed E-state index contributed by atoms with van der Waals surface area (Å²) in [6.45, 7) is 1.45. The highest BCUT2D eigenvalue weighted by molar-refractivity contribution is 5.93. The zero-order valence-corrected chi connectivity index (χ0v) is 11.4. The lowest BCUT2D eigenvalue weighted by atomic mass is 10.1. The molecule has 1 aliphatic heterocycles. The lowest BCUT2D eigenvalue weighted by Crippen LogP contribution is -2.45. The molecule has 3 rings (SSSR count). The molecule has 20 heavy (non-hydrogen) atoms. The van der Waals surface area contributed by atoms with Crippen molar-refractivity contribution in [2.75, 3.05) is 13.1 Å². The molecule has 1 saturated heterocycles. The van der Waals surface area contributed by atoms with E-state index >= 15 is 0 Å². The first-order valence-corrected chi connectivity index (χ1v) is 7.03. The van der Waals surface area contributed by atoms with Gasteiger partial charge in [-0.1, -0.05) is 30.3 Å². The van der Waals surface area contributed by atoms with E-state index in [4.69, 9.17) is 5.73 Å². The Bertz CT molecular complexity index is 591. The standard InChI is InChI=1S/C16H19N3O/c17-13-7-4-10-19(11-13)16(20)15-9-8-14(18-15)12-5-2-1-3-6-12/h1-3,5-6,8-9,13,18H,4,7,10-11,17H2. The lowest BCUT2D eigenvalue weighted by Gasteiger charge is -2.30. The number of carbonyl (C=O) groups is 1. The highest BCUT2D eigenvalue weighted by Crippen LogP contribution is 2.19. The van der Waals surface area contributed by atoms with Crippen LogP contribution in [0.2, 0.25) is 0 Å². The molecule has 4 heteroatoms. The summed E-state index contributed by atoms with van der Waals surface area (Å²) in [5.74, 6) is 0.0438. The monoisotopic (exact) mass is 269 g/mol. The second kappa shape index (κ2) is 5.51. The third-order valence-electron chi connectivity index (χ3n) is 3.75. The van der Waals surface area contributed by atoms with Crippen LogP contribution in [0, 0.1) is 0 Å². The number of benzene rings is 1. The van der Waals surface area contributed by atoms with Crippen molar-refractivity contribution < 1.29 is 4.79 Å². The van der Waals surface area contributed by atoms with Gasteiger partial charge in [-0.3, -0.25) is 4.79 Å². The van der Waals surface area contributed by atoms with Crippen molar-refractivity contribution in [3.8, 4) is 11.3 Å². The number of nitrogens with two attached hydrogens (primary N) is 1. The van der Waals surface area contributed by atoms with Crippen molar-refractivity contribution >= 4 is 5.91 Å². The number of nitrogens with zero attached hydrogens (tertiary/aromatic N) is 1. The molecule has 1 aromatic carbocycles. The normalized spacial score (nSPS) is 19.1. The topological polar surface area (TPSA) is 62.1 Å². The molecule has 1 aliphatic rings. The van der Waals surface area contributed by atoms with Gasteiger partial charge in [-0.05, 0) is 30.5 Å². The Hall–Kier alpha value is -2.07. The molecule has 1 aromatic heterocycles. The predicted octanol–water partition coefficient (Wildman–Crippen LogP) is 2.25. The third kappa shape index (κ3) is 2.60. The van der Waals surface area contributed by atoms with Gasteiger partial charge in [-0.2, -0.15) is 0 Å². The van der Waals surface area contributed by atoms with E-state index < -0.39 is 0 Å². The molecule has 1 fully saturated rings. The Kier molecular flexibility index (Phi) is 3.56. The van der Waals surface area contributed by atoms with Crippen LogP contribution in [0.15, 0.2) is 42.5 Å². The van der Waals surface area contributed by atoms with E-state index in [1.54, 1.807) is 0 Å². The van der Waals surface area contributed by atoms with Gasteiger partial charge in [-0.15, -0.1) is 0 Å². The molecule has 4 nitrogen and oxygen atoms in total. The van der Waals surface area contributed by atoms with Crippen LogP contribution in [0.25, 0.3) is 11.3 Å². The molecule has 3 N–H and O–H groups in total. The van der Waals surface area contributed by atoms with Crippen molar-refractivity contribution in [2.45, 2.75) is 18.9 Å². The molecule has 0 aliphatic carbocycles. The third-order valence-corrected chi connectivity index (χ3v) is 3.75. The van der Waals surface area contributed by atoms with Crippen molar-refractivity contribution in [3.05, 3.63) is 48.2 Å². The zero-order valence-electron chi connectivity index (χ0n) is 11.4. The Labute approximate surface area is 118 Å². The van der Waals surface area contributed by atoms with E-state index in [0.717, 1.165) is 30.6 Å². The van der Waals surface area contributed by atoms with Crippen molar-refractivity contribution in [2.24, 2.45) is 5.73 Å². The van der Waals surface area contributed by atoms with E-state index in [1.807, 2.05) is 47.4 Å². The van der Waals surface area contributed by atoms with Crippen LogP contribution in [0.4, 0.5) is 0 Å². The number of hydrogen-bond donors (Lipinski definition) is 2. The number of nitrogens with one attached hydrogen (secondary N) is 1. The van der Waals surface area contributed by atoms with Gasteiger partial charge in [0.2, 0.25) is 0 Å². The maximum atomic E-state index is 12.4. The summed E-state index contributed by atoms with van der Waals surface area (Å²) in [5, 5.41) is 0. The number of piperidine rings is 1. The molecule has 2 aromatic rings. The first-order valence-electron chi connectivity index (χ1n) is 7.03. The van der Waals surface area contributed by atoms with Crippen molar-refractivity contribution in [3.63, 3.8) is 0 Å². The van der Waals surface area contributed by atoms with Gasteiger partial charge in [0, 0.05) is 24.8 Å². The SMILES string of the molecule is NC1CCCN(C(=O)c2ccc(-c3ccccc3)[nH]2)C1. The maximum absolute atomic E-state index is 12.4. The van der Waals surface area contributed by atoms with Crippen LogP contribution in [-0.4, -0.2) is 34.9 Å². The fourth-order valence-corrected chi connectivity index (χ4v) is 2.67. The summed E-state index contributed by atoms with van der Waals surface area (Å²) < 4.78 is 0. The summed E-state index contributed by atoms with van der Waals surface area (Å²) in [4.78, 5) is 17.5. The smallest absolute Gasteiger partial charge is 0.270 e. The molecule has 1 atom stereocenters. The fraction of sp³-hybridized carbons (Fsp3) is 0.312. The Balaban J connectivity index is 1.78. The Morgan fingerprint density at radius 1 is 1.20 bits per heavy atom. The number of amides is 1. The first kappa shape index (κ1) is 12.9. The highest BCUT2D eigenvalue weighted by Gasteiger charge is 2.23. The first-order chi connectivity index (χ1) is 9.74.